The Hall–Kier alpha value is -1.41. The van der Waals surface area contributed by atoms with E-state index in [1.165, 1.54) is 0 Å². The molecule has 0 spiro atoms. The maximum atomic E-state index is 11.6. The molecular formula is C8H13N3O4S. The first-order valence-electron chi connectivity index (χ1n) is 4.64. The SMILES string of the molecule is CC(C)CNS(=O)(=O)c1c[nH]c(=O)[nH]c1=O. The molecule has 1 aromatic heterocycles. The van der Waals surface area contributed by atoms with Crippen LogP contribution in [0.2, 0.25) is 0 Å². The second kappa shape index (κ2) is 4.62. The zero-order valence-electron chi connectivity index (χ0n) is 8.90. The summed E-state index contributed by atoms with van der Waals surface area (Å²) in [6, 6.07) is 0. The Kier molecular flexibility index (Phi) is 3.66. The number of nitrogens with one attached hydrogen (secondary N) is 3. The van der Waals surface area contributed by atoms with Gasteiger partial charge in [-0.15, -0.1) is 0 Å². The van der Waals surface area contributed by atoms with Crippen LogP contribution in [0, 0.1) is 5.92 Å². The lowest BCUT2D eigenvalue weighted by molar-refractivity contribution is 0.558. The van der Waals surface area contributed by atoms with Crippen molar-refractivity contribution >= 4 is 10.0 Å². The molecular weight excluding hydrogens is 234 g/mol. The number of hydrogen-bond acceptors (Lipinski definition) is 4. The van der Waals surface area contributed by atoms with Crippen molar-refractivity contribution in [3.8, 4) is 0 Å². The highest BCUT2D eigenvalue weighted by Crippen LogP contribution is 1.99. The van der Waals surface area contributed by atoms with Gasteiger partial charge in [-0.3, -0.25) is 9.78 Å². The second-order valence-electron chi connectivity index (χ2n) is 3.68. The fraction of sp³-hybridized carbons (Fsp3) is 0.500. The average Bonchev–Trinajstić information content (AvgIpc) is 2.14. The van der Waals surface area contributed by atoms with E-state index < -0.39 is 26.2 Å². The van der Waals surface area contributed by atoms with Crippen molar-refractivity contribution in [2.75, 3.05) is 6.54 Å². The fourth-order valence-electron chi connectivity index (χ4n) is 0.951. The molecule has 1 rings (SSSR count). The lowest BCUT2D eigenvalue weighted by Gasteiger charge is -2.07. The normalized spacial score (nSPS) is 11.9. The third kappa shape index (κ3) is 3.04. The molecule has 0 aromatic carbocycles. The van der Waals surface area contributed by atoms with Crippen LogP contribution in [0.25, 0.3) is 0 Å². The molecule has 1 aromatic rings. The molecule has 0 amide bonds. The molecule has 0 aliphatic carbocycles. The minimum atomic E-state index is -3.87. The summed E-state index contributed by atoms with van der Waals surface area (Å²) in [5.41, 5.74) is -1.67. The molecule has 0 radical (unpaired) electrons. The van der Waals surface area contributed by atoms with Crippen LogP contribution in [-0.2, 0) is 10.0 Å². The second-order valence-corrected chi connectivity index (χ2v) is 5.42. The van der Waals surface area contributed by atoms with E-state index in [4.69, 9.17) is 0 Å². The lowest BCUT2D eigenvalue weighted by atomic mass is 10.2. The molecule has 7 nitrogen and oxygen atoms in total. The quantitative estimate of drug-likeness (QED) is 0.633. The minimum Gasteiger partial charge on any atom is -0.313 e. The zero-order chi connectivity index (χ0) is 12.3. The summed E-state index contributed by atoms with van der Waals surface area (Å²) >= 11 is 0. The molecule has 8 heteroatoms. The first-order chi connectivity index (χ1) is 7.33. The zero-order valence-corrected chi connectivity index (χ0v) is 9.72. The van der Waals surface area contributed by atoms with Gasteiger partial charge in [-0.2, -0.15) is 0 Å². The summed E-state index contributed by atoms with van der Waals surface area (Å²) in [5, 5.41) is 0. The van der Waals surface area contributed by atoms with E-state index >= 15 is 0 Å². The van der Waals surface area contributed by atoms with Crippen LogP contribution < -0.4 is 16.0 Å². The van der Waals surface area contributed by atoms with E-state index in [2.05, 4.69) is 9.71 Å². The Labute approximate surface area is 92.0 Å². The summed E-state index contributed by atoms with van der Waals surface area (Å²) in [7, 11) is -3.87. The summed E-state index contributed by atoms with van der Waals surface area (Å²) in [5.74, 6) is 0.122. The summed E-state index contributed by atoms with van der Waals surface area (Å²) < 4.78 is 25.5. The van der Waals surface area contributed by atoms with Crippen molar-refractivity contribution < 1.29 is 8.42 Å². The highest BCUT2D eigenvalue weighted by molar-refractivity contribution is 7.89. The number of hydrogen-bond donors (Lipinski definition) is 3. The number of sulfonamides is 1. The van der Waals surface area contributed by atoms with Gasteiger partial charge >= 0.3 is 5.69 Å². The Morgan fingerprint density at radius 2 is 2.00 bits per heavy atom. The van der Waals surface area contributed by atoms with Gasteiger partial charge in [0.1, 0.15) is 0 Å². The van der Waals surface area contributed by atoms with Gasteiger partial charge in [-0.25, -0.2) is 17.9 Å². The molecule has 3 N–H and O–H groups in total. The van der Waals surface area contributed by atoms with E-state index in [1.807, 2.05) is 18.8 Å². The predicted octanol–water partition coefficient (Wildman–Crippen LogP) is -1.00. The molecule has 0 bridgehead atoms. The van der Waals surface area contributed by atoms with Crippen molar-refractivity contribution in [3.63, 3.8) is 0 Å². The summed E-state index contributed by atoms with van der Waals surface area (Å²) in [6.45, 7) is 3.89. The van der Waals surface area contributed by atoms with E-state index in [1.54, 1.807) is 0 Å². The van der Waals surface area contributed by atoms with Crippen molar-refractivity contribution in [2.45, 2.75) is 18.7 Å². The van der Waals surface area contributed by atoms with E-state index in [-0.39, 0.29) is 12.5 Å². The maximum Gasteiger partial charge on any atom is 0.325 e. The summed E-state index contributed by atoms with van der Waals surface area (Å²) in [6.07, 6.45) is 0.879. The average molecular weight is 247 g/mol. The molecule has 16 heavy (non-hydrogen) atoms. The Morgan fingerprint density at radius 1 is 1.38 bits per heavy atom. The van der Waals surface area contributed by atoms with Crippen molar-refractivity contribution in [3.05, 3.63) is 27.0 Å². The maximum absolute atomic E-state index is 11.6. The van der Waals surface area contributed by atoms with Gasteiger partial charge in [-0.1, -0.05) is 13.8 Å². The van der Waals surface area contributed by atoms with Gasteiger partial charge < -0.3 is 4.98 Å². The highest BCUT2D eigenvalue weighted by Gasteiger charge is 2.18. The topological polar surface area (TPSA) is 112 Å². The highest BCUT2D eigenvalue weighted by atomic mass is 32.2. The van der Waals surface area contributed by atoms with Crippen molar-refractivity contribution in [1.82, 2.24) is 14.7 Å². The molecule has 0 unspecified atom stereocenters. The van der Waals surface area contributed by atoms with Gasteiger partial charge in [0.2, 0.25) is 10.0 Å². The minimum absolute atomic E-state index is 0.122. The fourth-order valence-corrected chi connectivity index (χ4v) is 2.17. The summed E-state index contributed by atoms with van der Waals surface area (Å²) in [4.78, 5) is 25.4. The Morgan fingerprint density at radius 3 is 2.50 bits per heavy atom. The van der Waals surface area contributed by atoms with Crippen LogP contribution in [0.5, 0.6) is 0 Å². The standard InChI is InChI=1S/C8H13N3O4S/c1-5(2)3-10-16(14,15)6-4-9-8(13)11-7(6)12/h4-5,10H,3H2,1-2H3,(H2,9,11,12,13). The van der Waals surface area contributed by atoms with Crippen LogP contribution in [0.3, 0.4) is 0 Å². The number of aromatic amines is 2. The number of rotatable bonds is 4. The third-order valence-electron chi connectivity index (χ3n) is 1.76. The first kappa shape index (κ1) is 12.7. The Bertz CT molecular complexity index is 569. The van der Waals surface area contributed by atoms with Crippen molar-refractivity contribution in [2.24, 2.45) is 5.92 Å². The van der Waals surface area contributed by atoms with Gasteiger partial charge in [0, 0.05) is 12.7 Å². The van der Waals surface area contributed by atoms with Gasteiger partial charge in [0.05, 0.1) is 0 Å². The van der Waals surface area contributed by atoms with Crippen LogP contribution >= 0.6 is 0 Å². The predicted molar refractivity (Wildman–Crippen MR) is 57.7 cm³/mol. The van der Waals surface area contributed by atoms with Crippen LogP contribution in [-0.4, -0.2) is 24.9 Å². The molecule has 0 saturated heterocycles. The number of aromatic nitrogens is 2. The molecule has 0 aliphatic rings. The largest absolute Gasteiger partial charge is 0.325 e. The van der Waals surface area contributed by atoms with Crippen LogP contribution in [0.1, 0.15) is 13.8 Å². The lowest BCUT2D eigenvalue weighted by Crippen LogP contribution is -2.34. The monoisotopic (exact) mass is 247 g/mol. The molecule has 90 valence electrons. The van der Waals surface area contributed by atoms with Gasteiger partial charge in [0.25, 0.3) is 5.56 Å². The molecule has 0 atom stereocenters. The smallest absolute Gasteiger partial charge is 0.313 e. The molecule has 0 saturated carbocycles. The Balaban J connectivity index is 3.08. The third-order valence-corrected chi connectivity index (χ3v) is 3.19. The molecule has 1 heterocycles. The van der Waals surface area contributed by atoms with E-state index in [9.17, 15) is 18.0 Å². The van der Waals surface area contributed by atoms with Crippen LogP contribution in [0.4, 0.5) is 0 Å². The van der Waals surface area contributed by atoms with Gasteiger partial charge in [-0.05, 0) is 5.92 Å². The van der Waals surface area contributed by atoms with Crippen molar-refractivity contribution in [1.29, 1.82) is 0 Å². The van der Waals surface area contributed by atoms with Crippen LogP contribution in [0.15, 0.2) is 20.7 Å². The first-order valence-corrected chi connectivity index (χ1v) is 6.13. The van der Waals surface area contributed by atoms with Gasteiger partial charge in [0.15, 0.2) is 4.90 Å². The number of H-pyrrole nitrogens is 2. The van der Waals surface area contributed by atoms with E-state index in [0.29, 0.717) is 0 Å². The van der Waals surface area contributed by atoms with E-state index in [0.717, 1.165) is 6.20 Å². The molecule has 0 aliphatic heterocycles. The molecule has 0 fully saturated rings.